The highest BCUT2D eigenvalue weighted by Crippen LogP contribution is 2.14. The van der Waals surface area contributed by atoms with E-state index in [1.807, 2.05) is 13.8 Å². The molecule has 0 saturated carbocycles. The minimum Gasteiger partial charge on any atom is -0.330 e. The fourth-order valence-corrected chi connectivity index (χ4v) is 1.42. The third-order valence-electron chi connectivity index (χ3n) is 2.36. The van der Waals surface area contributed by atoms with Gasteiger partial charge in [0.2, 0.25) is 0 Å². The minimum atomic E-state index is -0.120. The van der Waals surface area contributed by atoms with Crippen LogP contribution in [-0.4, -0.2) is 22.1 Å². The second-order valence-electron chi connectivity index (χ2n) is 3.83. The third kappa shape index (κ3) is 2.20. The quantitative estimate of drug-likeness (QED) is 0.724. The van der Waals surface area contributed by atoms with Crippen LogP contribution in [0.25, 0.3) is 0 Å². The van der Waals surface area contributed by atoms with Gasteiger partial charge in [-0.1, -0.05) is 13.8 Å². The highest BCUT2D eigenvalue weighted by Gasteiger charge is 2.23. The third-order valence-corrected chi connectivity index (χ3v) is 2.36. The number of rotatable bonds is 4. The first-order chi connectivity index (χ1) is 6.56. The summed E-state index contributed by atoms with van der Waals surface area (Å²) in [7, 11) is 1.80. The number of Topliss-reactive ketones (excluding diaryl/α,β-unsaturated/α-hetero) is 1. The molecule has 1 heterocycles. The molecule has 78 valence electrons. The van der Waals surface area contributed by atoms with E-state index in [1.165, 1.54) is 0 Å². The molecule has 0 spiro atoms. The predicted molar refractivity (Wildman–Crippen MR) is 54.9 cm³/mol. The lowest BCUT2D eigenvalue weighted by molar-refractivity contribution is 0.0886. The van der Waals surface area contributed by atoms with E-state index in [-0.39, 0.29) is 17.6 Å². The lowest BCUT2D eigenvalue weighted by Crippen LogP contribution is -2.28. The number of nitrogens with two attached hydrogens (primary N) is 1. The van der Waals surface area contributed by atoms with E-state index in [0.717, 1.165) is 0 Å². The summed E-state index contributed by atoms with van der Waals surface area (Å²) in [6.45, 7) is 4.38. The van der Waals surface area contributed by atoms with Gasteiger partial charge in [0.05, 0.1) is 0 Å². The normalized spacial score (nSPS) is 13.2. The van der Waals surface area contributed by atoms with Crippen molar-refractivity contribution in [1.82, 2.24) is 9.78 Å². The molecule has 1 unspecified atom stereocenters. The average molecular weight is 195 g/mol. The van der Waals surface area contributed by atoms with E-state index in [1.54, 1.807) is 24.0 Å². The molecule has 2 N–H and O–H groups in total. The molecule has 1 aromatic heterocycles. The zero-order chi connectivity index (χ0) is 10.7. The van der Waals surface area contributed by atoms with Crippen LogP contribution in [0.4, 0.5) is 0 Å². The molecule has 4 heteroatoms. The van der Waals surface area contributed by atoms with Crippen molar-refractivity contribution >= 4 is 5.78 Å². The van der Waals surface area contributed by atoms with Gasteiger partial charge >= 0.3 is 0 Å². The molecule has 4 nitrogen and oxygen atoms in total. The summed E-state index contributed by atoms with van der Waals surface area (Å²) in [6.07, 6.45) is 1.77. The Bertz CT molecular complexity index is 317. The Morgan fingerprint density at radius 2 is 2.29 bits per heavy atom. The van der Waals surface area contributed by atoms with Crippen molar-refractivity contribution in [2.45, 2.75) is 13.8 Å². The van der Waals surface area contributed by atoms with E-state index in [0.29, 0.717) is 12.2 Å². The van der Waals surface area contributed by atoms with Gasteiger partial charge in [0.25, 0.3) is 0 Å². The smallest absolute Gasteiger partial charge is 0.187 e. The van der Waals surface area contributed by atoms with Crippen molar-refractivity contribution in [1.29, 1.82) is 0 Å². The molecule has 0 amide bonds. The second-order valence-corrected chi connectivity index (χ2v) is 3.83. The standard InChI is InChI=1S/C10H17N3O/c1-7(2)8(6-11)10(14)9-4-5-13(3)12-9/h4-5,7-8H,6,11H2,1-3H3. The Kier molecular flexibility index (Phi) is 3.41. The summed E-state index contributed by atoms with van der Waals surface area (Å²) in [4.78, 5) is 11.9. The van der Waals surface area contributed by atoms with Crippen LogP contribution in [0.5, 0.6) is 0 Å². The van der Waals surface area contributed by atoms with Gasteiger partial charge in [-0.25, -0.2) is 0 Å². The molecule has 0 fully saturated rings. The second kappa shape index (κ2) is 4.37. The zero-order valence-corrected chi connectivity index (χ0v) is 8.90. The van der Waals surface area contributed by atoms with Crippen molar-refractivity contribution in [2.24, 2.45) is 24.6 Å². The summed E-state index contributed by atoms with van der Waals surface area (Å²) >= 11 is 0. The molecule has 1 atom stereocenters. The van der Waals surface area contributed by atoms with Crippen LogP contribution >= 0.6 is 0 Å². The molecule has 0 radical (unpaired) electrons. The van der Waals surface area contributed by atoms with Gasteiger partial charge in [-0.3, -0.25) is 9.48 Å². The first kappa shape index (κ1) is 10.9. The number of carbonyl (C=O) groups is 1. The topological polar surface area (TPSA) is 60.9 Å². The SMILES string of the molecule is CC(C)C(CN)C(=O)c1ccn(C)n1. The van der Waals surface area contributed by atoms with Gasteiger partial charge in [0.1, 0.15) is 5.69 Å². The van der Waals surface area contributed by atoms with Crippen LogP contribution in [0.3, 0.4) is 0 Å². The van der Waals surface area contributed by atoms with Gasteiger partial charge in [-0.2, -0.15) is 5.10 Å². The lowest BCUT2D eigenvalue weighted by atomic mass is 9.90. The summed E-state index contributed by atoms with van der Waals surface area (Å²) in [5.41, 5.74) is 6.07. The van der Waals surface area contributed by atoms with E-state index >= 15 is 0 Å². The average Bonchev–Trinajstić information content (AvgIpc) is 2.52. The number of hydrogen-bond donors (Lipinski definition) is 1. The first-order valence-electron chi connectivity index (χ1n) is 4.80. The number of hydrogen-bond acceptors (Lipinski definition) is 3. The molecule has 0 bridgehead atoms. The zero-order valence-electron chi connectivity index (χ0n) is 8.90. The fourth-order valence-electron chi connectivity index (χ4n) is 1.42. The molecule has 1 aromatic rings. The number of nitrogens with zero attached hydrogens (tertiary/aromatic N) is 2. The van der Waals surface area contributed by atoms with Crippen molar-refractivity contribution in [3.8, 4) is 0 Å². The van der Waals surface area contributed by atoms with Crippen LogP contribution in [0.15, 0.2) is 12.3 Å². The minimum absolute atomic E-state index is 0.0445. The van der Waals surface area contributed by atoms with E-state index in [9.17, 15) is 4.79 Å². The van der Waals surface area contributed by atoms with Gasteiger partial charge in [-0.15, -0.1) is 0 Å². The lowest BCUT2D eigenvalue weighted by Gasteiger charge is -2.15. The monoisotopic (exact) mass is 195 g/mol. The molecule has 0 aliphatic rings. The molecule has 14 heavy (non-hydrogen) atoms. The van der Waals surface area contributed by atoms with Crippen LogP contribution in [-0.2, 0) is 7.05 Å². The maximum absolute atomic E-state index is 11.9. The molecule has 0 saturated heterocycles. The van der Waals surface area contributed by atoms with Crippen LogP contribution in [0.2, 0.25) is 0 Å². The van der Waals surface area contributed by atoms with Crippen molar-refractivity contribution < 1.29 is 4.79 Å². The van der Waals surface area contributed by atoms with Crippen LogP contribution in [0, 0.1) is 11.8 Å². The Morgan fingerprint density at radius 3 is 2.64 bits per heavy atom. The first-order valence-corrected chi connectivity index (χ1v) is 4.80. The molecule has 0 aromatic carbocycles. The maximum atomic E-state index is 11.9. The highest BCUT2D eigenvalue weighted by molar-refractivity contribution is 5.96. The van der Waals surface area contributed by atoms with E-state index < -0.39 is 0 Å². The molecule has 1 rings (SSSR count). The Morgan fingerprint density at radius 1 is 1.64 bits per heavy atom. The highest BCUT2D eigenvalue weighted by atomic mass is 16.1. The Hall–Kier alpha value is -1.16. The van der Waals surface area contributed by atoms with Crippen molar-refractivity contribution in [2.75, 3.05) is 6.54 Å². The summed E-state index contributed by atoms with van der Waals surface area (Å²) in [5.74, 6) is 0.183. The Balaban J connectivity index is 2.83. The molecular formula is C10H17N3O. The van der Waals surface area contributed by atoms with Crippen molar-refractivity contribution in [3.05, 3.63) is 18.0 Å². The molecule has 0 aliphatic heterocycles. The number of aromatic nitrogens is 2. The fraction of sp³-hybridized carbons (Fsp3) is 0.600. The summed E-state index contributed by atoms with van der Waals surface area (Å²) in [5, 5.41) is 4.07. The molecular weight excluding hydrogens is 178 g/mol. The number of carbonyl (C=O) groups excluding carboxylic acids is 1. The summed E-state index contributed by atoms with van der Waals surface area (Å²) < 4.78 is 1.63. The summed E-state index contributed by atoms with van der Waals surface area (Å²) in [6, 6.07) is 1.73. The predicted octanol–water partition coefficient (Wildman–Crippen LogP) is 0.834. The van der Waals surface area contributed by atoms with Crippen molar-refractivity contribution in [3.63, 3.8) is 0 Å². The van der Waals surface area contributed by atoms with E-state index in [2.05, 4.69) is 5.10 Å². The molecule has 0 aliphatic carbocycles. The van der Waals surface area contributed by atoms with Gasteiger partial charge < -0.3 is 5.73 Å². The van der Waals surface area contributed by atoms with Gasteiger partial charge in [0.15, 0.2) is 5.78 Å². The number of ketones is 1. The van der Waals surface area contributed by atoms with Gasteiger partial charge in [0, 0.05) is 25.7 Å². The van der Waals surface area contributed by atoms with Crippen LogP contribution in [0.1, 0.15) is 24.3 Å². The van der Waals surface area contributed by atoms with Crippen LogP contribution < -0.4 is 5.73 Å². The Labute approximate surface area is 84.1 Å². The number of aryl methyl sites for hydroxylation is 1. The maximum Gasteiger partial charge on any atom is 0.187 e. The van der Waals surface area contributed by atoms with E-state index in [4.69, 9.17) is 5.73 Å². The largest absolute Gasteiger partial charge is 0.330 e. The van der Waals surface area contributed by atoms with Gasteiger partial charge in [-0.05, 0) is 12.0 Å².